The van der Waals surface area contributed by atoms with Gasteiger partial charge in [-0.15, -0.1) is 0 Å². The summed E-state index contributed by atoms with van der Waals surface area (Å²) in [6.07, 6.45) is 1.61. The van der Waals surface area contributed by atoms with Gasteiger partial charge in [0.2, 0.25) is 0 Å². The first-order chi connectivity index (χ1) is 15.5. The van der Waals surface area contributed by atoms with E-state index in [-0.39, 0.29) is 17.4 Å². The molecule has 32 heavy (non-hydrogen) atoms. The van der Waals surface area contributed by atoms with Crippen LogP contribution < -0.4 is 9.80 Å². The molecule has 0 radical (unpaired) electrons. The number of hydrogen-bond acceptors (Lipinski definition) is 5. The molecule has 0 saturated heterocycles. The highest BCUT2D eigenvalue weighted by molar-refractivity contribution is 6.31. The number of imidazole rings is 1. The summed E-state index contributed by atoms with van der Waals surface area (Å²) in [7, 11) is 1.74. The Labute approximate surface area is 191 Å². The average Bonchev–Trinajstić information content (AvgIpc) is 3.22. The van der Waals surface area contributed by atoms with Crippen molar-refractivity contribution in [3.63, 3.8) is 0 Å². The largest absolute Gasteiger partial charge is 0.493 e. The lowest BCUT2D eigenvalue weighted by molar-refractivity contribution is 0.0442. The van der Waals surface area contributed by atoms with Crippen molar-refractivity contribution in [2.45, 2.75) is 25.3 Å². The Balaban J connectivity index is 1.50. The van der Waals surface area contributed by atoms with Gasteiger partial charge in [-0.3, -0.25) is 4.84 Å². The Morgan fingerprint density at radius 2 is 2.03 bits per heavy atom. The summed E-state index contributed by atoms with van der Waals surface area (Å²) in [4.78, 5) is 18.3. The van der Waals surface area contributed by atoms with Crippen LogP contribution in [0.5, 0.6) is 5.75 Å². The molecule has 0 aliphatic carbocycles. The summed E-state index contributed by atoms with van der Waals surface area (Å²) in [6.45, 7) is 5.21. The van der Waals surface area contributed by atoms with Gasteiger partial charge in [-0.25, -0.2) is 15.0 Å². The summed E-state index contributed by atoms with van der Waals surface area (Å²) < 4.78 is 6.18. The van der Waals surface area contributed by atoms with Crippen molar-refractivity contribution in [3.8, 4) is 17.1 Å². The van der Waals surface area contributed by atoms with E-state index in [0.29, 0.717) is 17.3 Å². The molecule has 6 nitrogen and oxygen atoms in total. The molecular weight excluding hydrogens is 424 g/mol. The number of hydroxylamine groups is 1. The number of aromatic nitrogens is 3. The standard InChI is InChI=1S/C25H23ClN4O2/c1-25(2)17-10-14(23-28-19-11-15(26)12-27-24(19)29-23)8-9-20(17)30(31-3)22-16-6-4-5-7-21(16)32-13-18(22)25/h4-12,18,22H,13H2,1-3H3,(H,27,28,29)/t18-,22+/m0/s1. The topological polar surface area (TPSA) is 63.3 Å². The minimum atomic E-state index is -0.147. The highest BCUT2D eigenvalue weighted by Gasteiger charge is 2.50. The van der Waals surface area contributed by atoms with Crippen LogP contribution >= 0.6 is 11.6 Å². The Hall–Kier alpha value is -3.09. The number of anilines is 1. The molecule has 0 amide bonds. The van der Waals surface area contributed by atoms with Crippen molar-refractivity contribution in [3.05, 3.63) is 70.9 Å². The predicted octanol–water partition coefficient (Wildman–Crippen LogP) is 5.69. The van der Waals surface area contributed by atoms with Crippen LogP contribution in [-0.2, 0) is 10.3 Å². The normalized spacial score (nSPS) is 20.9. The van der Waals surface area contributed by atoms with Gasteiger partial charge < -0.3 is 9.72 Å². The van der Waals surface area contributed by atoms with Crippen molar-refractivity contribution in [1.82, 2.24) is 15.0 Å². The van der Waals surface area contributed by atoms with Crippen LogP contribution in [0.3, 0.4) is 0 Å². The number of benzene rings is 2. The summed E-state index contributed by atoms with van der Waals surface area (Å²) in [5.74, 6) is 1.92. The van der Waals surface area contributed by atoms with E-state index >= 15 is 0 Å². The molecule has 0 bridgehead atoms. The average molecular weight is 447 g/mol. The third-order valence-corrected chi connectivity index (χ3v) is 7.13. The number of nitrogens with one attached hydrogen (secondary N) is 1. The van der Waals surface area contributed by atoms with Crippen molar-refractivity contribution in [1.29, 1.82) is 0 Å². The number of pyridine rings is 1. The second-order valence-electron chi connectivity index (χ2n) is 8.97. The molecular formula is C25H23ClN4O2. The molecule has 2 aliphatic heterocycles. The highest BCUT2D eigenvalue weighted by Crippen LogP contribution is 2.55. The minimum Gasteiger partial charge on any atom is -0.493 e. The second-order valence-corrected chi connectivity index (χ2v) is 9.41. The Morgan fingerprint density at radius 1 is 1.19 bits per heavy atom. The molecule has 0 spiro atoms. The van der Waals surface area contributed by atoms with E-state index in [2.05, 4.69) is 59.1 Å². The molecule has 162 valence electrons. The third-order valence-electron chi connectivity index (χ3n) is 6.92. The minimum absolute atomic E-state index is 0.0795. The maximum absolute atomic E-state index is 6.18. The molecule has 0 saturated carbocycles. The first-order valence-corrected chi connectivity index (χ1v) is 11.1. The first-order valence-electron chi connectivity index (χ1n) is 10.7. The van der Waals surface area contributed by atoms with E-state index in [9.17, 15) is 0 Å². The SMILES string of the molecule is CON1c2ccc(-c3nc4ncc(Cl)cc4[nH]3)cc2C(C)(C)[C@H]2COc3ccccc3[C@H]21. The van der Waals surface area contributed by atoms with Crippen LogP contribution in [0.15, 0.2) is 54.7 Å². The van der Waals surface area contributed by atoms with Gasteiger partial charge in [-0.2, -0.15) is 0 Å². The molecule has 2 aromatic heterocycles. The van der Waals surface area contributed by atoms with Gasteiger partial charge in [0, 0.05) is 28.7 Å². The van der Waals surface area contributed by atoms with Gasteiger partial charge in [-0.1, -0.05) is 43.6 Å². The molecule has 4 aromatic rings. The van der Waals surface area contributed by atoms with E-state index in [0.717, 1.165) is 33.9 Å². The quantitative estimate of drug-likeness (QED) is 0.428. The zero-order valence-electron chi connectivity index (χ0n) is 18.1. The fourth-order valence-corrected chi connectivity index (χ4v) is 5.36. The van der Waals surface area contributed by atoms with Crippen molar-refractivity contribution in [2.24, 2.45) is 5.92 Å². The smallest absolute Gasteiger partial charge is 0.178 e. The number of aromatic amines is 1. The van der Waals surface area contributed by atoms with E-state index in [1.54, 1.807) is 13.3 Å². The van der Waals surface area contributed by atoms with Crippen molar-refractivity contribution < 1.29 is 9.57 Å². The van der Waals surface area contributed by atoms with Crippen LogP contribution in [-0.4, -0.2) is 28.7 Å². The van der Waals surface area contributed by atoms with Gasteiger partial charge in [0.05, 0.1) is 36.0 Å². The zero-order valence-corrected chi connectivity index (χ0v) is 18.8. The molecule has 0 fully saturated rings. The molecule has 4 heterocycles. The molecule has 6 rings (SSSR count). The number of H-pyrrole nitrogens is 1. The number of hydrogen-bond donors (Lipinski definition) is 1. The van der Waals surface area contributed by atoms with Crippen LogP contribution in [0.4, 0.5) is 5.69 Å². The lowest BCUT2D eigenvalue weighted by Crippen LogP contribution is -2.51. The number of para-hydroxylation sites is 1. The van der Waals surface area contributed by atoms with Crippen LogP contribution in [0.1, 0.15) is 31.0 Å². The predicted molar refractivity (Wildman–Crippen MR) is 125 cm³/mol. The van der Waals surface area contributed by atoms with Gasteiger partial charge in [0.1, 0.15) is 11.6 Å². The van der Waals surface area contributed by atoms with Crippen LogP contribution in [0, 0.1) is 5.92 Å². The summed E-state index contributed by atoms with van der Waals surface area (Å²) in [5, 5.41) is 2.62. The highest BCUT2D eigenvalue weighted by atomic mass is 35.5. The fourth-order valence-electron chi connectivity index (χ4n) is 5.20. The van der Waals surface area contributed by atoms with E-state index in [1.165, 1.54) is 5.56 Å². The Kier molecular flexibility index (Phi) is 4.26. The van der Waals surface area contributed by atoms with Gasteiger partial charge in [0.15, 0.2) is 5.65 Å². The van der Waals surface area contributed by atoms with E-state index in [1.807, 2.05) is 23.3 Å². The van der Waals surface area contributed by atoms with Crippen LogP contribution in [0.2, 0.25) is 5.02 Å². The van der Waals surface area contributed by atoms with E-state index < -0.39 is 0 Å². The molecule has 2 atom stereocenters. The maximum atomic E-state index is 6.18. The molecule has 1 N–H and O–H groups in total. The van der Waals surface area contributed by atoms with Crippen molar-refractivity contribution >= 4 is 28.5 Å². The number of nitrogens with zero attached hydrogens (tertiary/aromatic N) is 3. The maximum Gasteiger partial charge on any atom is 0.178 e. The summed E-state index contributed by atoms with van der Waals surface area (Å²) in [5.41, 5.74) is 5.75. The van der Waals surface area contributed by atoms with Gasteiger partial charge >= 0.3 is 0 Å². The lowest BCUT2D eigenvalue weighted by Gasteiger charge is -2.52. The summed E-state index contributed by atoms with van der Waals surface area (Å²) in [6, 6.07) is 16.6. The molecule has 2 aromatic carbocycles. The van der Waals surface area contributed by atoms with Crippen LogP contribution in [0.25, 0.3) is 22.6 Å². The fraction of sp³-hybridized carbons (Fsp3) is 0.280. The number of ether oxygens (including phenoxy) is 1. The summed E-state index contributed by atoms with van der Waals surface area (Å²) >= 11 is 6.10. The lowest BCUT2D eigenvalue weighted by atomic mass is 9.65. The Bertz CT molecular complexity index is 1350. The molecule has 2 aliphatic rings. The molecule has 0 unspecified atom stereocenters. The molecule has 7 heteroatoms. The van der Waals surface area contributed by atoms with Gasteiger partial charge in [0.25, 0.3) is 0 Å². The van der Waals surface area contributed by atoms with Crippen molar-refractivity contribution in [2.75, 3.05) is 18.8 Å². The number of fused-ring (bicyclic) bond motifs is 5. The number of halogens is 1. The zero-order chi connectivity index (χ0) is 22.0. The first kappa shape index (κ1) is 19.6. The third kappa shape index (κ3) is 2.76. The Morgan fingerprint density at radius 3 is 2.88 bits per heavy atom. The monoisotopic (exact) mass is 446 g/mol. The second kappa shape index (κ2) is 6.95. The van der Waals surface area contributed by atoms with Gasteiger partial charge in [-0.05, 0) is 35.9 Å². The number of rotatable bonds is 2. The van der Waals surface area contributed by atoms with E-state index in [4.69, 9.17) is 21.2 Å².